The molecule has 0 spiro atoms. The maximum Gasteiger partial charge on any atom is 0.110 e. The Labute approximate surface area is 138 Å². The fraction of sp³-hybridized carbons (Fsp3) is 1.00. The lowest BCUT2D eigenvalue weighted by Crippen LogP contribution is -2.21. The summed E-state index contributed by atoms with van der Waals surface area (Å²) in [5.74, 6) is 4.98. The number of hydrogen-bond acceptors (Lipinski definition) is 5. The minimum atomic E-state index is -1.37. The minimum absolute atomic E-state index is 0.737. The van der Waals surface area contributed by atoms with Crippen LogP contribution in [0.5, 0.6) is 0 Å². The maximum absolute atomic E-state index is 6.03. The lowest BCUT2D eigenvalue weighted by molar-refractivity contribution is 0.359. The van der Waals surface area contributed by atoms with Crippen molar-refractivity contribution in [3.63, 3.8) is 0 Å². The summed E-state index contributed by atoms with van der Waals surface area (Å²) in [6, 6.07) is 0. The molecule has 0 heterocycles. The molecule has 0 aromatic rings. The predicted octanol–water partition coefficient (Wildman–Crippen LogP) is 6.02. The first kappa shape index (κ1) is 20.7. The van der Waals surface area contributed by atoms with E-state index in [2.05, 4.69) is 69.2 Å². The van der Waals surface area contributed by atoms with Crippen molar-refractivity contribution in [3.8, 4) is 0 Å². The zero-order chi connectivity index (χ0) is 14.9. The van der Waals surface area contributed by atoms with Crippen molar-refractivity contribution in [2.24, 2.45) is 11.8 Å². The van der Waals surface area contributed by atoms with E-state index in [4.69, 9.17) is 11.8 Å². The summed E-state index contributed by atoms with van der Waals surface area (Å²) in [7, 11) is 0. The van der Waals surface area contributed by atoms with Gasteiger partial charge < -0.3 is 0 Å². The molecule has 0 unspecified atom stereocenters. The van der Waals surface area contributed by atoms with Crippen LogP contribution >= 0.6 is 37.8 Å². The molecule has 0 aliphatic rings. The van der Waals surface area contributed by atoms with E-state index in [-0.39, 0.29) is 0 Å². The summed E-state index contributed by atoms with van der Waals surface area (Å²) in [4.78, 5) is 2.47. The SMILES string of the molecule is CCN(CC)CSP(=S)(SCC(C)C)SCC(C)C. The lowest BCUT2D eigenvalue weighted by Gasteiger charge is -2.25. The van der Waals surface area contributed by atoms with Crippen LogP contribution < -0.4 is 0 Å². The van der Waals surface area contributed by atoms with Crippen LogP contribution in [0.2, 0.25) is 0 Å². The van der Waals surface area contributed by atoms with Gasteiger partial charge in [0.15, 0.2) is 0 Å². The Morgan fingerprint density at radius 1 is 0.895 bits per heavy atom. The first-order valence-electron chi connectivity index (χ1n) is 7.09. The highest BCUT2D eigenvalue weighted by Crippen LogP contribution is 2.78. The summed E-state index contributed by atoms with van der Waals surface area (Å²) >= 11 is 12.2. The van der Waals surface area contributed by atoms with E-state index in [1.807, 2.05) is 11.4 Å². The zero-order valence-electron chi connectivity index (χ0n) is 13.2. The highest BCUT2D eigenvalue weighted by atomic mass is 33.5. The predicted molar refractivity (Wildman–Crippen MR) is 104 cm³/mol. The van der Waals surface area contributed by atoms with Crippen molar-refractivity contribution in [3.05, 3.63) is 0 Å². The van der Waals surface area contributed by atoms with E-state index in [9.17, 15) is 0 Å². The van der Waals surface area contributed by atoms with Crippen molar-refractivity contribution < 1.29 is 0 Å². The van der Waals surface area contributed by atoms with Gasteiger partial charge in [0.1, 0.15) is 3.64 Å². The Kier molecular flexibility index (Phi) is 12.2. The van der Waals surface area contributed by atoms with Crippen LogP contribution in [0.25, 0.3) is 0 Å². The van der Waals surface area contributed by atoms with Crippen LogP contribution in [0.1, 0.15) is 41.5 Å². The van der Waals surface area contributed by atoms with Crippen LogP contribution in [0.4, 0.5) is 0 Å². The Hall–Kier alpha value is 1.66. The third-order valence-electron chi connectivity index (χ3n) is 2.42. The van der Waals surface area contributed by atoms with Gasteiger partial charge in [-0.3, -0.25) is 4.90 Å². The summed E-state index contributed by atoms with van der Waals surface area (Å²) in [5, 5.41) is 0. The van der Waals surface area contributed by atoms with Crippen molar-refractivity contribution in [2.75, 3.05) is 30.5 Å². The van der Waals surface area contributed by atoms with Crippen molar-refractivity contribution in [1.29, 1.82) is 0 Å². The molecule has 1 nitrogen and oxygen atoms in total. The zero-order valence-corrected chi connectivity index (χ0v) is 17.4. The van der Waals surface area contributed by atoms with E-state index in [0.29, 0.717) is 0 Å². The van der Waals surface area contributed by atoms with Gasteiger partial charge in [0.05, 0.1) is 5.88 Å². The van der Waals surface area contributed by atoms with Gasteiger partial charge in [0.2, 0.25) is 0 Å². The Balaban J connectivity index is 4.42. The largest absolute Gasteiger partial charge is 0.294 e. The van der Waals surface area contributed by atoms with Crippen molar-refractivity contribution in [1.82, 2.24) is 4.90 Å². The van der Waals surface area contributed by atoms with E-state index in [1.54, 1.807) is 0 Å². The van der Waals surface area contributed by atoms with E-state index >= 15 is 0 Å². The maximum atomic E-state index is 6.03. The topological polar surface area (TPSA) is 3.24 Å². The molecule has 0 aromatic heterocycles. The molecule has 0 amide bonds. The summed E-state index contributed by atoms with van der Waals surface area (Å²) < 4.78 is -1.37. The summed E-state index contributed by atoms with van der Waals surface area (Å²) in [6.07, 6.45) is 0. The summed E-state index contributed by atoms with van der Waals surface area (Å²) in [5.41, 5.74) is 0. The van der Waals surface area contributed by atoms with Gasteiger partial charge in [0.25, 0.3) is 0 Å². The molecule has 0 rings (SSSR count). The second-order valence-electron chi connectivity index (χ2n) is 5.39. The number of rotatable bonds is 11. The highest BCUT2D eigenvalue weighted by molar-refractivity contribution is 9.23. The Morgan fingerprint density at radius 2 is 1.32 bits per heavy atom. The molecular formula is C13H30NPS4. The van der Waals surface area contributed by atoms with Crippen molar-refractivity contribution >= 4 is 49.6 Å². The fourth-order valence-corrected chi connectivity index (χ4v) is 14.0. The normalized spacial score (nSPS) is 12.9. The molecule has 0 atom stereocenters. The standard InChI is InChI=1S/C13H30NPS4/c1-7-14(8-2)11-19-15(16,17-9-12(3)4)18-10-13(5)6/h12-13H,7-11H2,1-6H3. The van der Waals surface area contributed by atoms with Crippen LogP contribution in [0.15, 0.2) is 0 Å². The van der Waals surface area contributed by atoms with E-state index < -0.39 is 3.64 Å². The minimum Gasteiger partial charge on any atom is -0.294 e. The quantitative estimate of drug-likeness (QED) is 0.327. The van der Waals surface area contributed by atoms with Gasteiger partial charge >= 0.3 is 0 Å². The molecule has 0 saturated carbocycles. The molecule has 0 radical (unpaired) electrons. The highest BCUT2D eigenvalue weighted by Gasteiger charge is 2.21. The van der Waals surface area contributed by atoms with Crippen molar-refractivity contribution in [2.45, 2.75) is 41.5 Å². The molecule has 0 aliphatic carbocycles. The smallest absolute Gasteiger partial charge is 0.110 e. The van der Waals surface area contributed by atoms with Gasteiger partial charge in [-0.15, -0.1) is 22.8 Å². The van der Waals surface area contributed by atoms with Gasteiger partial charge in [-0.2, -0.15) is 0 Å². The van der Waals surface area contributed by atoms with Crippen LogP contribution in [-0.4, -0.2) is 35.4 Å². The molecule has 6 heteroatoms. The third-order valence-corrected chi connectivity index (χ3v) is 18.1. The monoisotopic (exact) mass is 359 g/mol. The van der Waals surface area contributed by atoms with E-state index in [1.165, 1.54) is 11.5 Å². The Bertz CT molecular complexity index is 251. The van der Waals surface area contributed by atoms with Crippen LogP contribution in [0.3, 0.4) is 0 Å². The molecule has 0 N–H and O–H groups in total. The molecule has 0 bridgehead atoms. The average molecular weight is 360 g/mol. The first-order valence-corrected chi connectivity index (χ1v) is 14.7. The third kappa shape index (κ3) is 11.0. The fourth-order valence-electron chi connectivity index (χ4n) is 1.15. The van der Waals surface area contributed by atoms with E-state index in [0.717, 1.165) is 30.8 Å². The number of nitrogens with zero attached hydrogens (tertiary/aromatic N) is 1. The van der Waals surface area contributed by atoms with Crippen LogP contribution in [-0.2, 0) is 11.8 Å². The first-order chi connectivity index (χ1) is 8.83. The van der Waals surface area contributed by atoms with Gasteiger partial charge in [-0.25, -0.2) is 0 Å². The Morgan fingerprint density at radius 3 is 1.63 bits per heavy atom. The van der Waals surface area contributed by atoms with Crippen LogP contribution in [0, 0.1) is 11.8 Å². The molecule has 19 heavy (non-hydrogen) atoms. The van der Waals surface area contributed by atoms with Gasteiger partial charge in [-0.1, -0.05) is 64.7 Å². The molecule has 0 aliphatic heterocycles. The summed E-state index contributed by atoms with van der Waals surface area (Å²) in [6.45, 7) is 15.9. The molecule has 0 fully saturated rings. The average Bonchev–Trinajstić information content (AvgIpc) is 2.35. The van der Waals surface area contributed by atoms with Gasteiger partial charge in [-0.05, 0) is 24.9 Å². The second kappa shape index (κ2) is 11.3. The number of hydrogen-bond donors (Lipinski definition) is 0. The molecule has 0 saturated heterocycles. The van der Waals surface area contributed by atoms with Gasteiger partial charge in [0, 0.05) is 11.5 Å². The molecular weight excluding hydrogens is 329 g/mol. The lowest BCUT2D eigenvalue weighted by atomic mass is 10.3. The molecule has 116 valence electrons. The molecule has 0 aromatic carbocycles. The second-order valence-corrected chi connectivity index (χ2v) is 21.0.